The minimum absolute atomic E-state index is 0.00684. The van der Waals surface area contributed by atoms with Gasteiger partial charge in [-0.25, -0.2) is 14.8 Å². The summed E-state index contributed by atoms with van der Waals surface area (Å²) in [7, 11) is 11.1. The fourth-order valence-electron chi connectivity index (χ4n) is 12.5. The maximum atomic E-state index is 13.6. The van der Waals surface area contributed by atoms with Crippen molar-refractivity contribution in [3.8, 4) is 28.2 Å². The third-order valence-corrected chi connectivity index (χ3v) is 19.7. The zero-order valence-corrected chi connectivity index (χ0v) is 65.2. The first-order valence-electron chi connectivity index (χ1n) is 35.3. The van der Waals surface area contributed by atoms with Crippen LogP contribution in [0, 0.1) is 0 Å². The monoisotopic (exact) mass is 1630 g/mol. The van der Waals surface area contributed by atoms with Crippen molar-refractivity contribution in [3.05, 3.63) is 206 Å². The molecule has 1 aliphatic heterocycles. The van der Waals surface area contributed by atoms with Crippen molar-refractivity contribution in [2.75, 3.05) is 68.7 Å². The molecule has 2 aliphatic rings. The number of nitrogens with zero attached hydrogens (tertiary/aromatic N) is 9. The van der Waals surface area contributed by atoms with Gasteiger partial charge in [0.1, 0.15) is 50.4 Å². The van der Waals surface area contributed by atoms with Gasteiger partial charge in [0.15, 0.2) is 22.2 Å². The molecule has 2 aromatic carbocycles. The summed E-state index contributed by atoms with van der Waals surface area (Å²) in [6, 6.07) is 21.1. The van der Waals surface area contributed by atoms with Crippen molar-refractivity contribution in [2.24, 2.45) is 55.1 Å². The molecule has 40 heteroatoms. The van der Waals surface area contributed by atoms with Crippen molar-refractivity contribution < 1.29 is 67.4 Å². The van der Waals surface area contributed by atoms with Gasteiger partial charge in [-0.15, -0.1) is 11.3 Å². The van der Waals surface area contributed by atoms with Gasteiger partial charge in [-0.05, 0) is 109 Å². The number of thiocarbonyl (C=S) groups is 1. The molecule has 1 atom stereocenters. The maximum Gasteiger partial charge on any atom is 0.336 e. The predicted octanol–water partition coefficient (Wildman–Crippen LogP) is 7.06. The average Bonchev–Trinajstić information content (AvgIpc) is 1.35. The number of nitrogens with one attached hydrogen (secondary N) is 12. The number of thiophene rings is 1. The minimum atomic E-state index is -1.23. The molecule has 0 saturated carbocycles. The summed E-state index contributed by atoms with van der Waals surface area (Å²) in [4.78, 5) is 166. The fraction of sp³-hybridized carbons (Fsp3) is 0.197. The summed E-state index contributed by atoms with van der Waals surface area (Å²) in [5, 5.41) is 56.3. The number of rotatable bonds is 29. The maximum absolute atomic E-state index is 13.6. The lowest BCUT2D eigenvalue weighted by Crippen LogP contribution is -2.39. The Morgan fingerprint density at radius 1 is 0.500 bits per heavy atom. The van der Waals surface area contributed by atoms with Crippen molar-refractivity contribution in [3.63, 3.8) is 0 Å². The molecule has 598 valence electrons. The van der Waals surface area contributed by atoms with Gasteiger partial charge >= 0.3 is 5.97 Å². The number of nitrogens with two attached hydrogens (primary N) is 1. The van der Waals surface area contributed by atoms with Gasteiger partial charge in [-0.3, -0.25) is 52.7 Å². The Kier molecular flexibility index (Phi) is 24.2. The van der Waals surface area contributed by atoms with E-state index in [4.69, 9.17) is 34.0 Å². The van der Waals surface area contributed by atoms with Crippen LogP contribution >= 0.6 is 35.2 Å². The van der Waals surface area contributed by atoms with Gasteiger partial charge in [0.05, 0.1) is 45.1 Å². The van der Waals surface area contributed by atoms with Crippen LogP contribution in [0.2, 0.25) is 5.02 Å². The zero-order valence-electron chi connectivity index (χ0n) is 62.8. The zero-order chi connectivity index (χ0) is 83.1. The normalized spacial score (nSPS) is 11.4. The first-order chi connectivity index (χ1) is 55.3. The minimum Gasteiger partial charge on any atom is -0.508 e. The molecule has 37 nitrogen and oxygen atoms in total. The summed E-state index contributed by atoms with van der Waals surface area (Å²) < 4.78 is 16.1. The van der Waals surface area contributed by atoms with Gasteiger partial charge in [-0.2, -0.15) is 0 Å². The van der Waals surface area contributed by atoms with E-state index in [-0.39, 0.29) is 140 Å². The number of phenolic OH excluding ortho intramolecular Hbond substituents is 1. The van der Waals surface area contributed by atoms with Crippen molar-refractivity contribution in [2.45, 2.75) is 25.3 Å². The number of carboxylic acid groups (broad SMARTS) is 1. The van der Waals surface area contributed by atoms with Gasteiger partial charge in [-0.1, -0.05) is 17.7 Å². The third kappa shape index (κ3) is 18.8. The van der Waals surface area contributed by atoms with Gasteiger partial charge < -0.3 is 116 Å². The van der Waals surface area contributed by atoms with Gasteiger partial charge in [0, 0.05) is 160 Å². The van der Waals surface area contributed by atoms with Crippen LogP contribution in [-0.4, -0.2) is 155 Å². The standard InChI is InChI=1S/C76H75ClN22O15S2/c1-93-32-40(24-52(93)67(104)80-21-16-61(102)79-18-8-19-82-76(115)88-38-9-12-46(49(23-38)75(112)113)62-47-13-10-44(100)29-57(47)114-58-30-45(101)11-14-48(58)62)84-69(106)54-28-43(35-95(54)3)87-74(111)65-90-60(37-99(65)7)92-70(107)55-25-39(31-96(55)4)83-66(103)51(78)15-20-81-73(110)64-89-59(36-98(64)6)91-71(108)56-26-41(33-97(56)5)85-68(105)53-27-42(34-94(53)2)86-72(109)63-50(77)17-22-116-63/h9-14,17,22-37,51,100H,8,15-16,18-21,78H2,1-7H3,(H,79,102)(H,80,104)(H,81,110)(H,83,103)(H,84,106)(H,85,105)(H,86,109)(H,87,111)(H,91,108)(H,92,107)(H,112,113)(H2,82,88,115)/t51-/m1/s1. The number of amides is 10. The number of hydrogen-bond donors (Lipinski definition) is 15. The molecule has 0 fully saturated rings. The van der Waals surface area contributed by atoms with Gasteiger partial charge in [0.2, 0.25) is 23.5 Å². The summed E-state index contributed by atoms with van der Waals surface area (Å²) in [5.41, 5.74) is 9.94. The van der Waals surface area contributed by atoms with Crippen LogP contribution in [0.4, 0.5) is 45.8 Å². The van der Waals surface area contributed by atoms with E-state index in [1.807, 2.05) is 0 Å². The highest BCUT2D eigenvalue weighted by molar-refractivity contribution is 7.80. The van der Waals surface area contributed by atoms with Crippen molar-refractivity contribution in [1.82, 2.24) is 63.2 Å². The Balaban J connectivity index is 0.537. The lowest BCUT2D eigenvalue weighted by molar-refractivity contribution is -0.121. The van der Waals surface area contributed by atoms with Crippen molar-refractivity contribution in [1.29, 1.82) is 0 Å². The number of halogens is 1. The van der Waals surface area contributed by atoms with Gasteiger partial charge in [0.25, 0.3) is 47.3 Å². The van der Waals surface area contributed by atoms with E-state index in [0.717, 1.165) is 0 Å². The third-order valence-electron chi connectivity index (χ3n) is 18.1. The number of imidazole rings is 2. The Hall–Kier alpha value is -14.4. The number of aromatic hydroxyl groups is 1. The van der Waals surface area contributed by atoms with Crippen LogP contribution < -0.4 is 75.0 Å². The topological polar surface area (TPSA) is 489 Å². The van der Waals surface area contributed by atoms with Crippen LogP contribution in [-0.2, 0) is 58.9 Å². The van der Waals surface area contributed by atoms with Crippen LogP contribution in [0.15, 0.2) is 149 Å². The summed E-state index contributed by atoms with van der Waals surface area (Å²) in [6.07, 6.45) is 10.8. The van der Waals surface area contributed by atoms with Crippen LogP contribution in [0.25, 0.3) is 33.4 Å². The Morgan fingerprint density at radius 3 is 1.53 bits per heavy atom. The molecule has 0 spiro atoms. The second kappa shape index (κ2) is 34.7. The van der Waals surface area contributed by atoms with Crippen LogP contribution in [0.1, 0.15) is 113 Å². The van der Waals surface area contributed by atoms with Crippen LogP contribution in [0.5, 0.6) is 5.75 Å². The number of anilines is 8. The number of phenols is 1. The summed E-state index contributed by atoms with van der Waals surface area (Å²) in [5.74, 6) is -6.77. The SMILES string of the molecule is Cn1cc(NC(=O)c2cc(NC(=O)c3nc(NC(=O)c4cc(NC(=O)[C@H](N)CCNC(=O)c5nc(NC(=O)c6cc(NC(=O)c7cc(NC(=O)c8sccc8Cl)cn7C)cn6C)cn5C)cn4C)cn3C)cn2C)cc1C(=O)NCCC(=O)NCCCNC(=S)Nc1ccc(-c2c3ccc(=O)cc-3oc3cc(O)ccc23)c(C(=O)O)c1. The number of carboxylic acids is 1. The van der Waals surface area contributed by atoms with Crippen molar-refractivity contribution >= 4 is 162 Å². The fourth-order valence-corrected chi connectivity index (χ4v) is 13.7. The molecular weight excluding hydrogens is 1560 g/mol. The first-order valence-corrected chi connectivity index (χ1v) is 37.0. The lowest BCUT2D eigenvalue weighted by Gasteiger charge is -2.18. The van der Waals surface area contributed by atoms with E-state index in [0.29, 0.717) is 62.0 Å². The molecule has 10 amide bonds. The van der Waals surface area contributed by atoms with E-state index in [1.165, 1.54) is 148 Å². The van der Waals surface area contributed by atoms with E-state index in [2.05, 4.69) is 73.8 Å². The molecule has 9 heterocycles. The summed E-state index contributed by atoms with van der Waals surface area (Å²) in [6.45, 7) is 0.535. The molecule has 0 radical (unpaired) electrons. The highest BCUT2D eigenvalue weighted by atomic mass is 35.5. The quantitative estimate of drug-likeness (QED) is 0.0127. The number of benzene rings is 3. The van der Waals surface area contributed by atoms with E-state index >= 15 is 0 Å². The molecule has 116 heavy (non-hydrogen) atoms. The Bertz CT molecular complexity index is 5990. The highest BCUT2D eigenvalue weighted by Gasteiger charge is 2.28. The number of aromatic nitrogens is 9. The molecule has 0 unspecified atom stereocenters. The molecule has 1 aliphatic carbocycles. The Labute approximate surface area is 671 Å². The molecule has 8 aromatic heterocycles. The van der Waals surface area contributed by atoms with E-state index in [9.17, 15) is 67.7 Å². The first kappa shape index (κ1) is 81.1. The van der Waals surface area contributed by atoms with Crippen LogP contribution in [0.3, 0.4) is 0 Å². The second-order valence-electron chi connectivity index (χ2n) is 26.7. The average molecular weight is 1640 g/mol. The molecule has 12 rings (SSSR count). The largest absolute Gasteiger partial charge is 0.508 e. The Morgan fingerprint density at radius 2 is 0.991 bits per heavy atom. The number of fused-ring (bicyclic) bond motifs is 2. The van der Waals surface area contributed by atoms with E-state index in [1.54, 1.807) is 84.2 Å². The second-order valence-corrected chi connectivity index (χ2v) is 28.4. The molecular formula is C76H75ClN22O15S2. The number of aromatic carboxylic acids is 1. The number of carbonyl (C=O) groups is 11. The summed E-state index contributed by atoms with van der Waals surface area (Å²) >= 11 is 12.7. The lowest BCUT2D eigenvalue weighted by atomic mass is 9.90. The number of aryl methyl sites for hydroxylation is 7. The number of hydrogen-bond acceptors (Lipinski definition) is 19. The molecule has 0 saturated heterocycles. The van der Waals surface area contributed by atoms with E-state index < -0.39 is 65.2 Å². The molecule has 10 aromatic rings. The number of carbonyl (C=O) groups excluding carboxylic acids is 10. The molecule has 0 bridgehead atoms. The smallest absolute Gasteiger partial charge is 0.336 e. The molecule has 16 N–H and O–H groups in total. The predicted molar refractivity (Wildman–Crippen MR) is 436 cm³/mol. The highest BCUT2D eigenvalue weighted by Crippen LogP contribution is 2.43.